The molecule has 7 heteroatoms. The van der Waals surface area contributed by atoms with Gasteiger partial charge in [-0.2, -0.15) is 0 Å². The van der Waals surface area contributed by atoms with E-state index in [1.807, 2.05) is 25.1 Å². The third-order valence-electron chi connectivity index (χ3n) is 6.73. The van der Waals surface area contributed by atoms with Crippen molar-refractivity contribution in [2.45, 2.75) is 57.9 Å². The lowest BCUT2D eigenvalue weighted by Gasteiger charge is -2.60. The van der Waals surface area contributed by atoms with Crippen LogP contribution in [0.15, 0.2) is 22.7 Å². The average Bonchev–Trinajstić information content (AvgIpc) is 2.59. The fourth-order valence-electron chi connectivity index (χ4n) is 6.26. The van der Waals surface area contributed by atoms with Gasteiger partial charge < -0.3 is 15.4 Å². The number of hydrogen-bond acceptors (Lipinski definition) is 4. The standard InChI is InChI=1S/C22H27BrN2O4/c1-13-5-17(23)3-4-18(13)24-19(27)11-29-20(28)21-7-15-6-16(8-21)10-22(9-15,12-21)25-14(2)26/h3-5,15-16H,6-12H2,1-2H3,(H,24,27)(H,25,26)/t15-,16+,21?,22?. The summed E-state index contributed by atoms with van der Waals surface area (Å²) in [6, 6.07) is 5.58. The van der Waals surface area contributed by atoms with Crippen molar-refractivity contribution in [2.24, 2.45) is 17.3 Å². The predicted molar refractivity (Wildman–Crippen MR) is 112 cm³/mol. The topological polar surface area (TPSA) is 84.5 Å². The molecule has 1 aromatic rings. The first-order valence-corrected chi connectivity index (χ1v) is 11.0. The Morgan fingerprint density at radius 1 is 1.17 bits per heavy atom. The molecule has 0 aromatic heterocycles. The van der Waals surface area contributed by atoms with Crippen LogP contribution in [0.4, 0.5) is 5.69 Å². The molecule has 0 saturated heterocycles. The minimum atomic E-state index is -0.569. The Morgan fingerprint density at radius 3 is 2.48 bits per heavy atom. The zero-order chi connectivity index (χ0) is 20.8. The van der Waals surface area contributed by atoms with Gasteiger partial charge in [0, 0.05) is 22.6 Å². The molecule has 2 unspecified atom stereocenters. The molecule has 4 aliphatic rings. The summed E-state index contributed by atoms with van der Waals surface area (Å²) in [5.74, 6) is 0.207. The largest absolute Gasteiger partial charge is 0.455 e. The number of nitrogens with one attached hydrogen (secondary N) is 2. The van der Waals surface area contributed by atoms with Crippen LogP contribution in [0.3, 0.4) is 0 Å². The van der Waals surface area contributed by atoms with Crippen LogP contribution in [0.5, 0.6) is 0 Å². The van der Waals surface area contributed by atoms with E-state index in [1.54, 1.807) is 0 Å². The van der Waals surface area contributed by atoms with Crippen LogP contribution in [0.25, 0.3) is 0 Å². The molecule has 5 rings (SSSR count). The molecule has 2 amide bonds. The van der Waals surface area contributed by atoms with Gasteiger partial charge in [0.1, 0.15) is 0 Å². The van der Waals surface area contributed by atoms with Crippen LogP contribution in [0.2, 0.25) is 0 Å². The van der Waals surface area contributed by atoms with Crippen LogP contribution in [0.1, 0.15) is 51.0 Å². The summed E-state index contributed by atoms with van der Waals surface area (Å²) < 4.78 is 6.44. The number of aryl methyl sites for hydroxylation is 1. The first-order chi connectivity index (χ1) is 13.7. The highest BCUT2D eigenvalue weighted by molar-refractivity contribution is 9.10. The van der Waals surface area contributed by atoms with Crippen molar-refractivity contribution in [2.75, 3.05) is 11.9 Å². The van der Waals surface area contributed by atoms with E-state index in [9.17, 15) is 14.4 Å². The lowest BCUT2D eigenvalue weighted by atomic mass is 9.47. The van der Waals surface area contributed by atoms with Gasteiger partial charge in [-0.1, -0.05) is 15.9 Å². The Kier molecular flexibility index (Phi) is 5.21. The maximum atomic E-state index is 13.1. The quantitative estimate of drug-likeness (QED) is 0.653. The average molecular weight is 463 g/mol. The molecule has 29 heavy (non-hydrogen) atoms. The molecule has 4 fully saturated rings. The van der Waals surface area contributed by atoms with Crippen molar-refractivity contribution in [3.05, 3.63) is 28.2 Å². The number of anilines is 1. The highest BCUT2D eigenvalue weighted by Gasteiger charge is 2.61. The highest BCUT2D eigenvalue weighted by Crippen LogP contribution is 2.62. The maximum Gasteiger partial charge on any atom is 0.312 e. The first-order valence-electron chi connectivity index (χ1n) is 10.2. The third kappa shape index (κ3) is 4.06. The van der Waals surface area contributed by atoms with Crippen molar-refractivity contribution < 1.29 is 19.1 Å². The molecular weight excluding hydrogens is 436 g/mol. The van der Waals surface area contributed by atoms with Crippen molar-refractivity contribution in [1.82, 2.24) is 5.32 Å². The minimum Gasteiger partial charge on any atom is -0.455 e. The molecule has 4 saturated carbocycles. The van der Waals surface area contributed by atoms with Crippen LogP contribution >= 0.6 is 15.9 Å². The first kappa shape index (κ1) is 20.4. The zero-order valence-electron chi connectivity index (χ0n) is 16.8. The Hall–Kier alpha value is -1.89. The number of carbonyl (C=O) groups is 3. The smallest absolute Gasteiger partial charge is 0.312 e. The summed E-state index contributed by atoms with van der Waals surface area (Å²) in [6.07, 6.45) is 5.25. The van der Waals surface area contributed by atoms with Gasteiger partial charge in [-0.25, -0.2) is 0 Å². The van der Waals surface area contributed by atoms with Crippen molar-refractivity contribution >= 4 is 39.4 Å². The molecule has 6 nitrogen and oxygen atoms in total. The van der Waals surface area contributed by atoms with Crippen LogP contribution < -0.4 is 10.6 Å². The molecule has 0 radical (unpaired) electrons. The van der Waals surface area contributed by atoms with Crippen LogP contribution in [0, 0.1) is 24.2 Å². The molecule has 4 aliphatic carbocycles. The number of rotatable bonds is 5. The summed E-state index contributed by atoms with van der Waals surface area (Å²) in [5.41, 5.74) is 0.776. The lowest BCUT2D eigenvalue weighted by Crippen LogP contribution is -2.64. The molecule has 4 bridgehead atoms. The molecule has 0 aliphatic heterocycles. The van der Waals surface area contributed by atoms with Crippen molar-refractivity contribution in [3.8, 4) is 0 Å². The Labute approximate surface area is 179 Å². The third-order valence-corrected chi connectivity index (χ3v) is 7.23. The summed E-state index contributed by atoms with van der Waals surface area (Å²) in [6.45, 7) is 3.15. The second-order valence-corrected chi connectivity index (χ2v) is 10.2. The van der Waals surface area contributed by atoms with Crippen molar-refractivity contribution in [1.29, 1.82) is 0 Å². The molecule has 0 heterocycles. The molecular formula is C22H27BrN2O4. The molecule has 1 aromatic carbocycles. The molecule has 0 spiro atoms. The van der Waals surface area contributed by atoms with Gasteiger partial charge in [-0.05, 0) is 81.0 Å². The Morgan fingerprint density at radius 2 is 1.86 bits per heavy atom. The van der Waals surface area contributed by atoms with Gasteiger partial charge in [0.25, 0.3) is 5.91 Å². The van der Waals surface area contributed by atoms with Gasteiger partial charge in [-0.3, -0.25) is 14.4 Å². The number of halogens is 1. The van der Waals surface area contributed by atoms with E-state index in [4.69, 9.17) is 4.74 Å². The van der Waals surface area contributed by atoms with Crippen LogP contribution in [-0.4, -0.2) is 29.9 Å². The van der Waals surface area contributed by atoms with Gasteiger partial charge in [0.2, 0.25) is 5.91 Å². The fraction of sp³-hybridized carbons (Fsp3) is 0.591. The van der Waals surface area contributed by atoms with Gasteiger partial charge in [0.15, 0.2) is 6.61 Å². The van der Waals surface area contributed by atoms with E-state index in [2.05, 4.69) is 26.6 Å². The number of hydrogen-bond donors (Lipinski definition) is 2. The molecule has 156 valence electrons. The zero-order valence-corrected chi connectivity index (χ0v) is 18.4. The maximum absolute atomic E-state index is 13.1. The molecule has 4 atom stereocenters. The number of benzene rings is 1. The normalized spacial score (nSPS) is 32.0. The lowest BCUT2D eigenvalue weighted by molar-refractivity contribution is -0.176. The van der Waals surface area contributed by atoms with E-state index in [-0.39, 0.29) is 29.9 Å². The Balaban J connectivity index is 1.40. The van der Waals surface area contributed by atoms with E-state index in [0.29, 0.717) is 23.9 Å². The van der Waals surface area contributed by atoms with Gasteiger partial charge in [-0.15, -0.1) is 0 Å². The van der Waals surface area contributed by atoms with E-state index >= 15 is 0 Å². The van der Waals surface area contributed by atoms with Gasteiger partial charge in [0.05, 0.1) is 5.41 Å². The van der Waals surface area contributed by atoms with Crippen molar-refractivity contribution in [3.63, 3.8) is 0 Å². The summed E-state index contributed by atoms with van der Waals surface area (Å²) in [5, 5.41) is 5.95. The van der Waals surface area contributed by atoms with E-state index < -0.39 is 5.41 Å². The number of carbonyl (C=O) groups excluding carboxylic acids is 3. The van der Waals surface area contributed by atoms with Gasteiger partial charge >= 0.3 is 5.97 Å². The fourth-order valence-corrected chi connectivity index (χ4v) is 6.73. The second kappa shape index (κ2) is 7.42. The Bertz CT molecular complexity index is 854. The monoisotopic (exact) mass is 462 g/mol. The van der Waals surface area contributed by atoms with Crippen LogP contribution in [-0.2, 0) is 19.1 Å². The summed E-state index contributed by atoms with van der Waals surface area (Å²) in [4.78, 5) is 37.2. The number of esters is 1. The number of ether oxygens (including phenoxy) is 1. The second-order valence-electron chi connectivity index (χ2n) is 9.29. The highest BCUT2D eigenvalue weighted by atomic mass is 79.9. The number of amides is 2. The predicted octanol–water partition coefficient (Wildman–Crippen LogP) is 3.71. The minimum absolute atomic E-state index is 0.0419. The van der Waals surface area contributed by atoms with E-state index in [1.165, 1.54) is 6.92 Å². The van der Waals surface area contributed by atoms with E-state index in [0.717, 1.165) is 42.1 Å². The SMILES string of the molecule is CC(=O)NC12C[C@H]3C[C@@H](C1)CC(C(=O)OCC(=O)Nc1ccc(Br)cc1C)(C3)C2. The molecule has 2 N–H and O–H groups in total. The summed E-state index contributed by atoms with van der Waals surface area (Å²) in [7, 11) is 0. The summed E-state index contributed by atoms with van der Waals surface area (Å²) >= 11 is 3.40.